The van der Waals surface area contributed by atoms with E-state index in [0.717, 1.165) is 0 Å². The first kappa shape index (κ1) is 18.3. The molecule has 0 heterocycles. The maximum Gasteiger partial charge on any atom is 0.279 e. The molecule has 0 saturated carbocycles. The van der Waals surface area contributed by atoms with Crippen LogP contribution in [0, 0.1) is 0 Å². The Bertz CT molecular complexity index is 376. The number of nitrogens with two attached hydrogens (primary N) is 1. The van der Waals surface area contributed by atoms with Gasteiger partial charge < -0.3 is 11.1 Å². The molecule has 8 heteroatoms. The minimum atomic E-state index is -3.52. The molecular formula is C11H26N4O3S. The smallest absolute Gasteiger partial charge is 0.279 e. The molecule has 0 bridgehead atoms. The van der Waals surface area contributed by atoms with Crippen LogP contribution in [-0.2, 0) is 15.0 Å². The monoisotopic (exact) mass is 294 g/mol. The lowest BCUT2D eigenvalue weighted by atomic mass is 10.1. The molecule has 0 aliphatic rings. The van der Waals surface area contributed by atoms with E-state index in [0.29, 0.717) is 19.5 Å². The molecule has 114 valence electrons. The van der Waals surface area contributed by atoms with E-state index in [1.165, 1.54) is 11.4 Å². The largest absolute Gasteiger partial charge is 0.351 e. The third kappa shape index (κ3) is 8.93. The molecule has 0 aromatic heterocycles. The van der Waals surface area contributed by atoms with E-state index >= 15 is 0 Å². The molecule has 0 spiro atoms. The summed E-state index contributed by atoms with van der Waals surface area (Å²) in [5, 5.41) is 2.77. The van der Waals surface area contributed by atoms with Crippen molar-refractivity contribution < 1.29 is 13.2 Å². The average Bonchev–Trinajstić information content (AvgIpc) is 2.22. The number of nitrogens with zero attached hydrogens (tertiary/aromatic N) is 1. The van der Waals surface area contributed by atoms with Crippen LogP contribution in [0.5, 0.6) is 0 Å². The van der Waals surface area contributed by atoms with Crippen LogP contribution in [0.4, 0.5) is 0 Å². The van der Waals surface area contributed by atoms with Gasteiger partial charge >= 0.3 is 0 Å². The molecule has 0 saturated heterocycles. The molecule has 0 fully saturated rings. The molecular weight excluding hydrogens is 268 g/mol. The molecule has 0 atom stereocenters. The van der Waals surface area contributed by atoms with Crippen LogP contribution in [0.25, 0.3) is 0 Å². The lowest BCUT2D eigenvalue weighted by Crippen LogP contribution is -2.43. The van der Waals surface area contributed by atoms with Gasteiger partial charge in [0.15, 0.2) is 0 Å². The van der Waals surface area contributed by atoms with E-state index in [4.69, 9.17) is 5.73 Å². The fourth-order valence-corrected chi connectivity index (χ4v) is 2.27. The fourth-order valence-electron chi connectivity index (χ4n) is 1.32. The van der Waals surface area contributed by atoms with Crippen LogP contribution >= 0.6 is 0 Å². The highest BCUT2D eigenvalue weighted by atomic mass is 32.2. The van der Waals surface area contributed by atoms with Crippen molar-refractivity contribution in [2.45, 2.75) is 39.2 Å². The van der Waals surface area contributed by atoms with Crippen LogP contribution in [0.2, 0.25) is 0 Å². The molecule has 0 aliphatic heterocycles. The number of carbonyl (C=O) groups excluding carboxylic acids is 1. The van der Waals surface area contributed by atoms with Gasteiger partial charge in [-0.25, -0.2) is 4.72 Å². The van der Waals surface area contributed by atoms with E-state index in [9.17, 15) is 13.2 Å². The number of rotatable bonds is 8. The molecule has 1 amide bonds. The maximum absolute atomic E-state index is 11.7. The Morgan fingerprint density at radius 2 is 1.89 bits per heavy atom. The van der Waals surface area contributed by atoms with Gasteiger partial charge in [-0.3, -0.25) is 4.79 Å². The first-order valence-corrected chi connectivity index (χ1v) is 7.74. The summed E-state index contributed by atoms with van der Waals surface area (Å²) >= 11 is 0. The zero-order valence-corrected chi connectivity index (χ0v) is 13.0. The first-order valence-electron chi connectivity index (χ1n) is 6.30. The highest BCUT2D eigenvalue weighted by Gasteiger charge is 2.18. The minimum Gasteiger partial charge on any atom is -0.351 e. The molecule has 0 radical (unpaired) electrons. The summed E-state index contributed by atoms with van der Waals surface area (Å²) in [5.74, 6) is -0.181. The standard InChI is InChI=1S/C11H26N4O3S/c1-11(2,3)14-10(16)6-8-13-19(17,18)15(4)9-5-7-12/h13H,5-9,12H2,1-4H3,(H,14,16). The Morgan fingerprint density at radius 3 is 2.37 bits per heavy atom. The van der Waals surface area contributed by atoms with Crippen LogP contribution in [0.15, 0.2) is 0 Å². The van der Waals surface area contributed by atoms with Crippen LogP contribution in [-0.4, -0.2) is 50.9 Å². The van der Waals surface area contributed by atoms with Crippen molar-refractivity contribution in [2.75, 3.05) is 26.7 Å². The summed E-state index contributed by atoms with van der Waals surface area (Å²) in [4.78, 5) is 11.5. The Hall–Kier alpha value is -0.700. The summed E-state index contributed by atoms with van der Waals surface area (Å²) in [6, 6.07) is 0. The Kier molecular flexibility index (Phi) is 7.50. The zero-order valence-electron chi connectivity index (χ0n) is 12.2. The minimum absolute atomic E-state index is 0.0806. The average molecular weight is 294 g/mol. The summed E-state index contributed by atoms with van der Waals surface area (Å²) in [5.41, 5.74) is 5.01. The highest BCUT2D eigenvalue weighted by molar-refractivity contribution is 7.87. The summed E-state index contributed by atoms with van der Waals surface area (Å²) in [6.07, 6.45) is 0.711. The normalized spacial score (nSPS) is 12.7. The van der Waals surface area contributed by atoms with E-state index in [-0.39, 0.29) is 24.4 Å². The Balaban J connectivity index is 4.09. The number of nitrogens with one attached hydrogen (secondary N) is 2. The number of hydrogen-bond donors (Lipinski definition) is 3. The van der Waals surface area contributed by atoms with Gasteiger partial charge in [-0.2, -0.15) is 12.7 Å². The summed E-state index contributed by atoms with van der Waals surface area (Å²) in [7, 11) is -2.04. The Labute approximate surface area is 116 Å². The second-order valence-corrected chi connectivity index (χ2v) is 7.27. The lowest BCUT2D eigenvalue weighted by Gasteiger charge is -2.21. The number of amides is 1. The van der Waals surface area contributed by atoms with Gasteiger partial charge in [-0.05, 0) is 33.7 Å². The number of hydrogen-bond acceptors (Lipinski definition) is 4. The Morgan fingerprint density at radius 1 is 1.32 bits per heavy atom. The maximum atomic E-state index is 11.7. The van der Waals surface area contributed by atoms with E-state index in [1.807, 2.05) is 20.8 Å². The van der Waals surface area contributed by atoms with Gasteiger partial charge in [0.2, 0.25) is 5.91 Å². The van der Waals surface area contributed by atoms with Crippen molar-refractivity contribution in [1.82, 2.24) is 14.3 Å². The van der Waals surface area contributed by atoms with Crippen molar-refractivity contribution in [3.05, 3.63) is 0 Å². The topological polar surface area (TPSA) is 105 Å². The van der Waals surface area contributed by atoms with Gasteiger partial charge in [0.25, 0.3) is 10.2 Å². The molecule has 0 aromatic carbocycles. The van der Waals surface area contributed by atoms with E-state index < -0.39 is 10.2 Å². The summed E-state index contributed by atoms with van der Waals surface area (Å²) < 4.78 is 27.1. The van der Waals surface area contributed by atoms with Gasteiger partial charge in [0.1, 0.15) is 0 Å². The van der Waals surface area contributed by atoms with Gasteiger partial charge in [-0.15, -0.1) is 0 Å². The van der Waals surface area contributed by atoms with Crippen LogP contribution < -0.4 is 15.8 Å². The molecule has 7 nitrogen and oxygen atoms in total. The molecule has 19 heavy (non-hydrogen) atoms. The predicted molar refractivity (Wildman–Crippen MR) is 75.7 cm³/mol. The number of carbonyl (C=O) groups is 1. The molecule has 4 N–H and O–H groups in total. The van der Waals surface area contributed by atoms with Crippen LogP contribution in [0.1, 0.15) is 33.6 Å². The third-order valence-electron chi connectivity index (χ3n) is 2.24. The van der Waals surface area contributed by atoms with Gasteiger partial charge in [0, 0.05) is 32.1 Å². The quantitative estimate of drug-likeness (QED) is 0.556. The predicted octanol–water partition coefficient (Wildman–Crippen LogP) is -0.594. The lowest BCUT2D eigenvalue weighted by molar-refractivity contribution is -0.122. The van der Waals surface area contributed by atoms with Crippen molar-refractivity contribution >= 4 is 16.1 Å². The molecule has 0 rings (SSSR count). The van der Waals surface area contributed by atoms with E-state index in [2.05, 4.69) is 10.0 Å². The highest BCUT2D eigenvalue weighted by Crippen LogP contribution is 1.99. The van der Waals surface area contributed by atoms with Gasteiger partial charge in [0.05, 0.1) is 0 Å². The second-order valence-electron chi connectivity index (χ2n) is 5.41. The molecule has 0 unspecified atom stereocenters. The van der Waals surface area contributed by atoms with Crippen molar-refractivity contribution in [1.29, 1.82) is 0 Å². The summed E-state index contributed by atoms with van der Waals surface area (Å²) in [6.45, 7) is 6.49. The van der Waals surface area contributed by atoms with Crippen molar-refractivity contribution in [2.24, 2.45) is 5.73 Å². The zero-order chi connectivity index (χ0) is 15.1. The second kappa shape index (κ2) is 7.78. The van der Waals surface area contributed by atoms with Crippen molar-refractivity contribution in [3.63, 3.8) is 0 Å². The molecule has 0 aromatic rings. The van der Waals surface area contributed by atoms with Gasteiger partial charge in [-0.1, -0.05) is 0 Å². The third-order valence-corrected chi connectivity index (χ3v) is 3.81. The van der Waals surface area contributed by atoms with Crippen LogP contribution in [0.3, 0.4) is 0 Å². The van der Waals surface area contributed by atoms with E-state index in [1.54, 1.807) is 0 Å². The molecule has 0 aliphatic carbocycles. The SMILES string of the molecule is CN(CCCN)S(=O)(=O)NCCC(=O)NC(C)(C)C. The first-order chi connectivity index (χ1) is 8.58. The van der Waals surface area contributed by atoms with Crippen molar-refractivity contribution in [3.8, 4) is 0 Å². The fraction of sp³-hybridized carbons (Fsp3) is 0.909.